The van der Waals surface area contributed by atoms with Crippen molar-refractivity contribution in [1.29, 1.82) is 0 Å². The highest BCUT2D eigenvalue weighted by molar-refractivity contribution is 7.75. The van der Waals surface area contributed by atoms with Gasteiger partial charge in [-0.1, -0.05) is 42.0 Å². The minimum atomic E-state index is -1.52. The Bertz CT molecular complexity index is 1220. The number of nitrogens with zero attached hydrogens (tertiary/aromatic N) is 2. The van der Waals surface area contributed by atoms with Crippen molar-refractivity contribution in [3.05, 3.63) is 70.3 Å². The van der Waals surface area contributed by atoms with E-state index < -0.39 is 16.5 Å². The lowest BCUT2D eigenvalue weighted by atomic mass is 9.71. The van der Waals surface area contributed by atoms with Gasteiger partial charge in [0.05, 0.1) is 12.3 Å². The number of aryl methyl sites for hydroxylation is 1. The van der Waals surface area contributed by atoms with Gasteiger partial charge in [-0.25, -0.2) is 0 Å². The van der Waals surface area contributed by atoms with E-state index in [1.165, 1.54) is 24.0 Å². The molecule has 5 rings (SSSR count). The number of amides is 1. The maximum atomic E-state index is 13.0. The summed E-state index contributed by atoms with van der Waals surface area (Å²) < 4.78 is 22.7. The number of hydrogen-bond donors (Lipinski definition) is 0. The first kappa shape index (κ1) is 25.3. The number of carbonyl (C=O) groups is 1. The van der Waals surface area contributed by atoms with Gasteiger partial charge in [-0.15, -0.1) is 0 Å². The van der Waals surface area contributed by atoms with Gasteiger partial charge in [0, 0.05) is 23.7 Å². The molecule has 0 aromatic heterocycles. The summed E-state index contributed by atoms with van der Waals surface area (Å²) in [5, 5.41) is 0.765. The zero-order valence-electron chi connectivity index (χ0n) is 20.7. The van der Waals surface area contributed by atoms with Crippen molar-refractivity contribution in [3.8, 4) is 5.75 Å². The molecule has 1 amide bonds. The molecule has 0 spiro atoms. The third kappa shape index (κ3) is 6.15. The van der Waals surface area contributed by atoms with E-state index in [4.69, 9.17) is 16.3 Å². The van der Waals surface area contributed by atoms with Crippen molar-refractivity contribution in [2.75, 3.05) is 23.8 Å². The van der Waals surface area contributed by atoms with Crippen LogP contribution in [-0.2, 0) is 27.8 Å². The van der Waals surface area contributed by atoms with Crippen molar-refractivity contribution in [2.45, 2.75) is 57.9 Å². The average molecular weight is 526 g/mol. The van der Waals surface area contributed by atoms with Gasteiger partial charge in [0.2, 0.25) is 0 Å². The Kier molecular flexibility index (Phi) is 8.32. The molecule has 2 heterocycles. The second-order valence-electron chi connectivity index (χ2n) is 10.2. The topological polar surface area (TPSA) is 59.0 Å². The van der Waals surface area contributed by atoms with E-state index in [0.717, 1.165) is 68.1 Å². The van der Waals surface area contributed by atoms with Crippen LogP contribution in [0.2, 0.25) is 5.02 Å². The van der Waals surface area contributed by atoms with E-state index in [2.05, 4.69) is 33.5 Å². The van der Waals surface area contributed by atoms with E-state index in [1.54, 1.807) is 6.07 Å². The molecular formula is C29H34ClN2O3S-. The first-order chi connectivity index (χ1) is 17.6. The molecule has 2 atom stereocenters. The highest BCUT2D eigenvalue weighted by Crippen LogP contribution is 2.41. The zero-order chi connectivity index (χ0) is 24.9. The fourth-order valence-corrected chi connectivity index (χ4v) is 6.42. The normalized spacial score (nSPS) is 24.7. The predicted molar refractivity (Wildman–Crippen MR) is 146 cm³/mol. The van der Waals surface area contributed by atoms with E-state index in [9.17, 15) is 9.00 Å². The third-order valence-corrected chi connectivity index (χ3v) is 8.93. The highest BCUT2D eigenvalue weighted by Gasteiger charge is 2.32. The van der Waals surface area contributed by atoms with Gasteiger partial charge in [-0.3, -0.25) is 4.79 Å². The van der Waals surface area contributed by atoms with Crippen molar-refractivity contribution in [1.82, 2.24) is 0 Å². The number of halogens is 1. The summed E-state index contributed by atoms with van der Waals surface area (Å²) in [6, 6.07) is 11.7. The van der Waals surface area contributed by atoms with Crippen LogP contribution in [0.15, 0.2) is 52.9 Å². The van der Waals surface area contributed by atoms with Crippen molar-refractivity contribution < 1.29 is 13.7 Å². The second kappa shape index (κ2) is 11.8. The Morgan fingerprint density at radius 1 is 1.00 bits per heavy atom. The molecule has 7 heteroatoms. The second-order valence-corrected chi connectivity index (χ2v) is 11.8. The summed E-state index contributed by atoms with van der Waals surface area (Å²) >= 11 is 6.37. The SMILES string of the molecule is O=C1N=[S-](=O)CCC/C=C/C[C@@H]2CC[C@H]2CN2Cc3ccc(Cl)cc3CCCCOc3ccc1cc32. The summed E-state index contributed by atoms with van der Waals surface area (Å²) in [5.41, 5.74) is 3.92. The smallest absolute Gasteiger partial charge is 0.254 e. The number of anilines is 1. The molecule has 1 aliphatic carbocycles. The Balaban J connectivity index is 1.58. The lowest BCUT2D eigenvalue weighted by Crippen LogP contribution is -2.38. The van der Waals surface area contributed by atoms with Crippen LogP contribution in [0.4, 0.5) is 5.69 Å². The van der Waals surface area contributed by atoms with E-state index in [0.29, 0.717) is 29.8 Å². The van der Waals surface area contributed by atoms with Gasteiger partial charge in [0.1, 0.15) is 5.75 Å². The number of rotatable bonds is 0. The van der Waals surface area contributed by atoms with Crippen LogP contribution in [0.25, 0.3) is 0 Å². The predicted octanol–water partition coefficient (Wildman–Crippen LogP) is 7.12. The van der Waals surface area contributed by atoms with Crippen LogP contribution >= 0.6 is 11.6 Å². The minimum Gasteiger partial charge on any atom is -0.491 e. The van der Waals surface area contributed by atoms with E-state index >= 15 is 0 Å². The van der Waals surface area contributed by atoms with Crippen LogP contribution in [0.5, 0.6) is 5.75 Å². The minimum absolute atomic E-state index is 0.404. The number of hydrogen-bond acceptors (Lipinski definition) is 5. The van der Waals surface area contributed by atoms with E-state index in [-0.39, 0.29) is 0 Å². The molecule has 192 valence electrons. The van der Waals surface area contributed by atoms with Crippen LogP contribution < -0.4 is 9.64 Å². The summed E-state index contributed by atoms with van der Waals surface area (Å²) in [6.07, 6.45) is 12.6. The first-order valence-electron chi connectivity index (χ1n) is 13.2. The maximum absolute atomic E-state index is 13.0. The molecular weight excluding hydrogens is 492 g/mol. The fraction of sp³-hybridized carbons (Fsp3) is 0.483. The number of carbonyl (C=O) groups excluding carboxylic acids is 1. The van der Waals surface area contributed by atoms with Crippen molar-refractivity contribution >= 4 is 33.8 Å². The third-order valence-electron chi connectivity index (χ3n) is 7.68. The monoisotopic (exact) mass is 525 g/mol. The molecule has 2 aliphatic heterocycles. The average Bonchev–Trinajstić information content (AvgIpc) is 2.88. The van der Waals surface area contributed by atoms with Crippen LogP contribution in [0.3, 0.4) is 0 Å². The number of fused-ring (bicyclic) bond motifs is 3. The van der Waals surface area contributed by atoms with Gasteiger partial charge >= 0.3 is 0 Å². The quantitative estimate of drug-likeness (QED) is 0.271. The van der Waals surface area contributed by atoms with Gasteiger partial charge in [-0.2, -0.15) is 10.6 Å². The summed E-state index contributed by atoms with van der Waals surface area (Å²) in [5.74, 6) is 2.02. The molecule has 2 bridgehead atoms. The largest absolute Gasteiger partial charge is 0.491 e. The molecule has 5 nitrogen and oxygen atoms in total. The highest BCUT2D eigenvalue weighted by atomic mass is 35.5. The molecule has 2 aromatic carbocycles. The number of ether oxygens (including phenoxy) is 1. The van der Waals surface area contributed by atoms with Gasteiger partial charge in [0.25, 0.3) is 5.91 Å². The Morgan fingerprint density at radius 3 is 2.75 bits per heavy atom. The molecule has 0 unspecified atom stereocenters. The molecule has 0 N–H and O–H groups in total. The Hall–Kier alpha value is -2.31. The molecule has 0 saturated heterocycles. The van der Waals surface area contributed by atoms with Gasteiger partial charge in [-0.05, 0) is 98.2 Å². The van der Waals surface area contributed by atoms with E-state index in [1.807, 2.05) is 18.2 Å². The van der Waals surface area contributed by atoms with Crippen LogP contribution in [-0.4, -0.2) is 24.8 Å². The molecule has 3 aliphatic rings. The number of benzene rings is 2. The van der Waals surface area contributed by atoms with Crippen molar-refractivity contribution in [2.24, 2.45) is 16.2 Å². The molecule has 0 radical (unpaired) electrons. The fourth-order valence-electron chi connectivity index (χ4n) is 5.43. The maximum Gasteiger partial charge on any atom is 0.254 e. The first-order valence-corrected chi connectivity index (χ1v) is 14.8. The molecule has 1 fully saturated rings. The Morgan fingerprint density at radius 2 is 1.89 bits per heavy atom. The molecule has 1 saturated carbocycles. The lowest BCUT2D eigenvalue weighted by Gasteiger charge is -2.41. The number of allylic oxidation sites excluding steroid dienone is 2. The van der Waals surface area contributed by atoms with Crippen LogP contribution in [0, 0.1) is 11.8 Å². The molecule has 36 heavy (non-hydrogen) atoms. The lowest BCUT2D eigenvalue weighted by molar-refractivity contribution is 0.100. The van der Waals surface area contributed by atoms with Crippen LogP contribution in [0.1, 0.15) is 66.4 Å². The van der Waals surface area contributed by atoms with Gasteiger partial charge in [0.15, 0.2) is 0 Å². The zero-order valence-corrected chi connectivity index (χ0v) is 22.2. The Labute approximate surface area is 221 Å². The molecule has 2 aromatic rings. The van der Waals surface area contributed by atoms with Crippen molar-refractivity contribution in [3.63, 3.8) is 0 Å². The summed E-state index contributed by atoms with van der Waals surface area (Å²) in [7, 11) is -1.52. The standard InChI is InChI=1S/C29H34ClN2O3S/c30-26-13-11-25-20-32-19-24-10-9-21(24)7-3-1-2-6-16-36(34)31-29(33)23-12-14-28(27(32)18-23)35-15-5-4-8-22(25)17-26/h1,3,11-14,17-18,21,24H,2,4-10,15-16,19-20H2/q-1/b3-1+/t21-,24+/m1/s1. The summed E-state index contributed by atoms with van der Waals surface area (Å²) in [4.78, 5) is 15.3. The van der Waals surface area contributed by atoms with Gasteiger partial charge < -0.3 is 18.2 Å². The summed E-state index contributed by atoms with van der Waals surface area (Å²) in [6.45, 7) is 2.25.